The quantitative estimate of drug-likeness (QED) is 0.206. The molecule has 242 valence electrons. The minimum absolute atomic E-state index is 0.510. The Kier molecular flexibility index (Phi) is 10.3. The second kappa shape index (κ2) is 13.8. The van der Waals surface area contributed by atoms with Crippen molar-refractivity contribution in [1.82, 2.24) is 0 Å². The lowest BCUT2D eigenvalue weighted by Gasteiger charge is -2.41. The van der Waals surface area contributed by atoms with Gasteiger partial charge in [0, 0.05) is 23.6 Å². The molecule has 3 aromatic carbocycles. The first-order chi connectivity index (χ1) is 21.2. The fourth-order valence-electron chi connectivity index (χ4n) is 5.37. The molecule has 0 aromatic heterocycles. The van der Waals surface area contributed by atoms with Gasteiger partial charge >= 0.3 is 12.2 Å². The third-order valence-electron chi connectivity index (χ3n) is 7.33. The maximum atomic E-state index is 12.9. The number of benzene rings is 3. The van der Waals surface area contributed by atoms with Crippen LogP contribution in [-0.2, 0) is 9.47 Å². The number of hydrogen-bond donors (Lipinski definition) is 3. The molecule has 0 radical (unpaired) electrons. The molecule has 9 heteroatoms. The smallest absolute Gasteiger partial charge is 0.412 e. The Morgan fingerprint density at radius 2 is 1.16 bits per heavy atom. The largest absolute Gasteiger partial charge is 0.444 e. The van der Waals surface area contributed by atoms with Crippen LogP contribution in [0.1, 0.15) is 78.4 Å². The summed E-state index contributed by atoms with van der Waals surface area (Å²) in [6.45, 7) is 16.5. The number of nitrogens with zero attached hydrogens (tertiary/aromatic N) is 2. The number of amides is 2. The topological polar surface area (TPSA) is 109 Å². The molecular weight excluding hydrogens is 566 g/mol. The van der Waals surface area contributed by atoms with Gasteiger partial charge < -0.3 is 25.0 Å². The SMILES string of the molecule is Cc1cc2c(cc1NC(=O)OC(C)(C)C)N(c1ccccc1)c1cc(NC(=O)OC(C)(C)C)c(C)cc1N2CCCCCCN. The Bertz CT molecular complexity index is 1420. The van der Waals surface area contributed by atoms with Crippen LogP contribution in [0, 0.1) is 13.8 Å². The molecule has 0 spiro atoms. The number of nitrogens with two attached hydrogens (primary N) is 1. The maximum absolute atomic E-state index is 12.9. The number of unbranched alkanes of at least 4 members (excludes halogenated alkanes) is 3. The Morgan fingerprint density at radius 1 is 0.689 bits per heavy atom. The zero-order valence-electron chi connectivity index (χ0n) is 28.0. The minimum Gasteiger partial charge on any atom is -0.444 e. The zero-order valence-corrected chi connectivity index (χ0v) is 28.0. The molecule has 4 rings (SSSR count). The number of hydrogen-bond acceptors (Lipinski definition) is 7. The van der Waals surface area contributed by atoms with Gasteiger partial charge in [0.1, 0.15) is 11.2 Å². The number of para-hydroxylation sites is 1. The molecule has 9 nitrogen and oxygen atoms in total. The summed E-state index contributed by atoms with van der Waals surface area (Å²) in [5.41, 5.74) is 12.5. The van der Waals surface area contributed by atoms with Crippen molar-refractivity contribution in [3.63, 3.8) is 0 Å². The van der Waals surface area contributed by atoms with E-state index in [1.165, 1.54) is 0 Å². The molecule has 0 unspecified atom stereocenters. The van der Waals surface area contributed by atoms with E-state index in [0.717, 1.165) is 71.8 Å². The highest BCUT2D eigenvalue weighted by atomic mass is 16.6. The van der Waals surface area contributed by atoms with E-state index in [0.29, 0.717) is 17.9 Å². The van der Waals surface area contributed by atoms with Crippen molar-refractivity contribution in [2.45, 2.75) is 92.3 Å². The number of rotatable bonds is 9. The first-order valence-corrected chi connectivity index (χ1v) is 15.8. The number of fused-ring (bicyclic) bond motifs is 2. The summed E-state index contributed by atoms with van der Waals surface area (Å²) in [4.78, 5) is 30.2. The van der Waals surface area contributed by atoms with Crippen molar-refractivity contribution in [3.8, 4) is 0 Å². The predicted octanol–water partition coefficient (Wildman–Crippen LogP) is 9.44. The number of aryl methyl sites for hydroxylation is 2. The van der Waals surface area contributed by atoms with E-state index in [2.05, 4.69) is 44.7 Å². The summed E-state index contributed by atoms with van der Waals surface area (Å²) in [5.74, 6) is 0. The molecule has 1 heterocycles. The lowest BCUT2D eigenvalue weighted by molar-refractivity contribution is 0.0624. The Balaban J connectivity index is 1.86. The van der Waals surface area contributed by atoms with Gasteiger partial charge in [-0.25, -0.2) is 9.59 Å². The summed E-state index contributed by atoms with van der Waals surface area (Å²) >= 11 is 0. The summed E-state index contributed by atoms with van der Waals surface area (Å²) < 4.78 is 11.2. The van der Waals surface area contributed by atoms with Crippen molar-refractivity contribution in [3.05, 3.63) is 65.7 Å². The van der Waals surface area contributed by atoms with Crippen LogP contribution < -0.4 is 26.2 Å². The van der Waals surface area contributed by atoms with Crippen molar-refractivity contribution in [1.29, 1.82) is 0 Å². The zero-order chi connectivity index (χ0) is 32.9. The van der Waals surface area contributed by atoms with Crippen LogP contribution >= 0.6 is 0 Å². The molecule has 1 aliphatic heterocycles. The number of nitrogens with one attached hydrogen (secondary N) is 2. The van der Waals surface area contributed by atoms with Crippen molar-refractivity contribution in [2.24, 2.45) is 5.73 Å². The van der Waals surface area contributed by atoms with Crippen LogP contribution in [0.4, 0.5) is 49.4 Å². The molecule has 0 fully saturated rings. The Hall–Kier alpha value is -4.24. The van der Waals surface area contributed by atoms with Gasteiger partial charge in [0.15, 0.2) is 0 Å². The molecular formula is C36H49N5O4. The molecule has 3 aromatic rings. The number of ether oxygens (including phenoxy) is 2. The minimum atomic E-state index is -0.628. The average Bonchev–Trinajstić information content (AvgIpc) is 2.92. The molecule has 0 saturated carbocycles. The van der Waals surface area contributed by atoms with Crippen LogP contribution in [0.5, 0.6) is 0 Å². The normalized spacial score (nSPS) is 12.7. The second-order valence-corrected chi connectivity index (χ2v) is 13.6. The van der Waals surface area contributed by atoms with E-state index >= 15 is 0 Å². The third-order valence-corrected chi connectivity index (χ3v) is 7.33. The van der Waals surface area contributed by atoms with Gasteiger partial charge in [0.05, 0.1) is 22.7 Å². The van der Waals surface area contributed by atoms with Gasteiger partial charge in [-0.05, 0) is 122 Å². The van der Waals surface area contributed by atoms with E-state index in [1.54, 1.807) is 0 Å². The molecule has 1 aliphatic rings. The van der Waals surface area contributed by atoms with Gasteiger partial charge in [-0.1, -0.05) is 31.0 Å². The van der Waals surface area contributed by atoms with Crippen LogP contribution in [0.2, 0.25) is 0 Å². The van der Waals surface area contributed by atoms with Crippen LogP contribution in [0.15, 0.2) is 54.6 Å². The Labute approximate surface area is 268 Å². The van der Waals surface area contributed by atoms with Gasteiger partial charge in [0.2, 0.25) is 0 Å². The first-order valence-electron chi connectivity index (χ1n) is 15.8. The lowest BCUT2D eigenvalue weighted by Crippen LogP contribution is -2.30. The third kappa shape index (κ3) is 8.69. The van der Waals surface area contributed by atoms with Gasteiger partial charge in [-0.2, -0.15) is 0 Å². The molecule has 45 heavy (non-hydrogen) atoms. The molecule has 0 aliphatic carbocycles. The van der Waals surface area contributed by atoms with Gasteiger partial charge in [-0.15, -0.1) is 0 Å². The Morgan fingerprint density at radius 3 is 1.60 bits per heavy atom. The molecule has 0 bridgehead atoms. The average molecular weight is 616 g/mol. The first kappa shape index (κ1) is 33.6. The number of carbonyl (C=O) groups is 2. The molecule has 0 saturated heterocycles. The highest BCUT2D eigenvalue weighted by Crippen LogP contribution is 2.54. The van der Waals surface area contributed by atoms with Crippen LogP contribution in [0.25, 0.3) is 0 Å². The summed E-state index contributed by atoms with van der Waals surface area (Å²) in [5, 5.41) is 5.94. The van der Waals surface area contributed by atoms with Crippen molar-refractivity contribution >= 4 is 52.0 Å². The fraction of sp³-hybridized carbons (Fsp3) is 0.444. The summed E-state index contributed by atoms with van der Waals surface area (Å²) in [7, 11) is 0. The highest BCUT2D eigenvalue weighted by Gasteiger charge is 2.32. The van der Waals surface area contributed by atoms with Crippen LogP contribution in [0.3, 0.4) is 0 Å². The highest BCUT2D eigenvalue weighted by molar-refractivity contribution is 6.02. The van der Waals surface area contributed by atoms with E-state index in [9.17, 15) is 9.59 Å². The monoisotopic (exact) mass is 615 g/mol. The summed E-state index contributed by atoms with van der Waals surface area (Å²) in [6.07, 6.45) is 3.11. The van der Waals surface area contributed by atoms with Gasteiger partial charge in [0.25, 0.3) is 0 Å². The predicted molar refractivity (Wildman–Crippen MR) is 185 cm³/mol. The van der Waals surface area contributed by atoms with Gasteiger partial charge in [-0.3, -0.25) is 10.6 Å². The summed E-state index contributed by atoms with van der Waals surface area (Å²) in [6, 6.07) is 18.4. The number of anilines is 7. The lowest BCUT2D eigenvalue weighted by atomic mass is 10.00. The molecule has 4 N–H and O–H groups in total. The number of carbonyl (C=O) groups excluding carboxylic acids is 2. The maximum Gasteiger partial charge on any atom is 0.412 e. The molecule has 0 atom stereocenters. The van der Waals surface area contributed by atoms with E-state index in [4.69, 9.17) is 15.2 Å². The second-order valence-electron chi connectivity index (χ2n) is 13.6. The van der Waals surface area contributed by atoms with E-state index in [1.807, 2.05) is 85.7 Å². The van der Waals surface area contributed by atoms with Crippen molar-refractivity contribution < 1.29 is 19.1 Å². The standard InChI is InChI=1S/C36H49N5O4/c1-24-20-29-31(22-27(24)38-33(42)44-35(3,4)5)41(26-16-12-11-13-17-26)32-23-28(39-34(43)45-36(6,7)8)25(2)21-30(32)40(29)19-15-10-9-14-18-37/h11-13,16-17,20-23H,9-10,14-15,18-19,37H2,1-8H3,(H,38,42)(H,39,43). The van der Waals surface area contributed by atoms with Crippen LogP contribution in [-0.4, -0.2) is 36.5 Å². The van der Waals surface area contributed by atoms with Crippen molar-refractivity contribution in [2.75, 3.05) is 33.5 Å². The van der Waals surface area contributed by atoms with E-state index < -0.39 is 23.4 Å². The fourth-order valence-corrected chi connectivity index (χ4v) is 5.37. The van der Waals surface area contributed by atoms with E-state index in [-0.39, 0.29) is 0 Å². The molecule has 2 amide bonds.